The molecule has 2 aromatic carbocycles. The van der Waals surface area contributed by atoms with Crippen LogP contribution in [-0.4, -0.2) is 0 Å². The van der Waals surface area contributed by atoms with Crippen LogP contribution in [0.5, 0.6) is 0 Å². The van der Waals surface area contributed by atoms with Gasteiger partial charge in [-0.25, -0.2) is 0 Å². The number of rotatable bonds is 2. The predicted octanol–water partition coefficient (Wildman–Crippen LogP) is 7.23. The molecule has 15 heteroatoms. The van der Waals surface area contributed by atoms with Gasteiger partial charge in [0.15, 0.2) is 0 Å². The summed E-state index contributed by atoms with van der Waals surface area (Å²) in [4.78, 5) is 0. The molecule has 0 spiro atoms. The lowest BCUT2D eigenvalue weighted by molar-refractivity contribution is -0.142. The molecule has 0 bridgehead atoms. The Labute approximate surface area is 169 Å². The van der Waals surface area contributed by atoms with Gasteiger partial charge in [-0.2, -0.15) is 52.7 Å². The molecule has 1 nitrogen and oxygen atoms in total. The number of hydrogen-bond acceptors (Lipinski definition) is 1. The van der Waals surface area contributed by atoms with E-state index in [2.05, 4.69) is 0 Å². The van der Waals surface area contributed by atoms with Crippen LogP contribution in [0.1, 0.15) is 22.3 Å². The number of halogens is 13. The Morgan fingerprint density at radius 2 is 0.710 bits per heavy atom. The van der Waals surface area contributed by atoms with Crippen molar-refractivity contribution in [3.05, 3.63) is 58.7 Å². The summed E-state index contributed by atoms with van der Waals surface area (Å²) in [6.07, 6.45) is -23.0. The maximum atomic E-state index is 13.3. The van der Waals surface area contributed by atoms with Crippen molar-refractivity contribution < 1.29 is 57.3 Å². The molecule has 2 aromatic rings. The third-order valence-electron chi connectivity index (χ3n) is 3.87. The first-order chi connectivity index (χ1) is 13.7. The highest BCUT2D eigenvalue weighted by Crippen LogP contribution is 2.57. The highest BCUT2D eigenvalue weighted by molar-refractivity contribution is 8.00. The van der Waals surface area contributed by atoms with Crippen molar-refractivity contribution in [1.82, 2.24) is 0 Å². The lowest BCUT2D eigenvalue weighted by Crippen LogP contribution is -2.34. The van der Waals surface area contributed by atoms with Crippen LogP contribution in [-0.2, 0) is 29.3 Å². The van der Waals surface area contributed by atoms with Crippen LogP contribution < -0.4 is 10.6 Å². The second-order valence-corrected chi connectivity index (χ2v) is 9.31. The smallest absolute Gasteiger partial charge is 0.296 e. The summed E-state index contributed by atoms with van der Waals surface area (Å²) in [6, 6.07) is 0.0804. The monoisotopic (exact) mass is 508 g/mol. The molecular weight excluding hydrogens is 503 g/mol. The standard InChI is InChI=1S/C16H6ClF12OP/c17-31(30,11-7(13(18,19)20)3-1-4-8(11)14(21,22)23)12-9(15(24,25)26)5-2-6-10(12)16(27,28)29/h1-6H. The molecule has 0 amide bonds. The molecule has 0 aromatic heterocycles. The van der Waals surface area contributed by atoms with Crippen LogP contribution in [0.4, 0.5) is 52.7 Å². The van der Waals surface area contributed by atoms with Gasteiger partial charge < -0.3 is 0 Å². The molecule has 0 fully saturated rings. The molecular formula is C16H6ClF12OP. The van der Waals surface area contributed by atoms with E-state index in [1.165, 1.54) is 0 Å². The van der Waals surface area contributed by atoms with Crippen LogP contribution in [0.3, 0.4) is 0 Å². The van der Waals surface area contributed by atoms with Crippen molar-refractivity contribution in [2.75, 3.05) is 0 Å². The third kappa shape index (κ3) is 4.97. The van der Waals surface area contributed by atoms with Crippen molar-refractivity contribution in [3.63, 3.8) is 0 Å². The van der Waals surface area contributed by atoms with Gasteiger partial charge in [0.2, 0.25) is 6.49 Å². The zero-order chi connectivity index (χ0) is 24.2. The van der Waals surface area contributed by atoms with Gasteiger partial charge in [0.1, 0.15) is 0 Å². The average molecular weight is 509 g/mol. The lowest BCUT2D eigenvalue weighted by atomic mass is 10.1. The quantitative estimate of drug-likeness (QED) is 0.309. The summed E-state index contributed by atoms with van der Waals surface area (Å²) in [7, 11) is 0. The van der Waals surface area contributed by atoms with Crippen molar-refractivity contribution in [3.8, 4) is 0 Å². The molecule has 0 aliphatic rings. The molecule has 172 valence electrons. The van der Waals surface area contributed by atoms with Crippen molar-refractivity contribution in [2.24, 2.45) is 0 Å². The van der Waals surface area contributed by atoms with E-state index >= 15 is 0 Å². The summed E-state index contributed by atoms with van der Waals surface area (Å²) in [5, 5.41) is -4.84. The Bertz CT molecular complexity index is 889. The van der Waals surface area contributed by atoms with E-state index < -0.39 is 64.1 Å². The first-order valence-corrected chi connectivity index (χ1v) is 10.2. The molecule has 0 N–H and O–H groups in total. The van der Waals surface area contributed by atoms with E-state index in [4.69, 9.17) is 11.2 Å². The van der Waals surface area contributed by atoms with Gasteiger partial charge in [0, 0.05) is 0 Å². The third-order valence-corrected chi connectivity index (χ3v) is 7.00. The van der Waals surface area contributed by atoms with Crippen LogP contribution >= 0.6 is 17.7 Å². The van der Waals surface area contributed by atoms with E-state index in [-0.39, 0.29) is 36.4 Å². The van der Waals surface area contributed by atoms with Crippen molar-refractivity contribution >= 4 is 28.3 Å². The van der Waals surface area contributed by atoms with E-state index in [1.807, 2.05) is 0 Å². The van der Waals surface area contributed by atoms with E-state index in [1.54, 1.807) is 0 Å². The van der Waals surface area contributed by atoms with Gasteiger partial charge in [-0.05, 0) is 35.5 Å². The zero-order valence-electron chi connectivity index (χ0n) is 14.2. The number of alkyl halides is 12. The minimum atomic E-state index is -6.34. The summed E-state index contributed by atoms with van der Waals surface area (Å²) in [6.45, 7) is -6.34. The minimum Gasteiger partial charge on any atom is -0.296 e. The van der Waals surface area contributed by atoms with E-state index in [9.17, 15) is 57.3 Å². The first-order valence-electron chi connectivity index (χ1n) is 7.55. The molecule has 0 radical (unpaired) electrons. The van der Waals surface area contributed by atoms with Gasteiger partial charge in [-0.15, -0.1) is 0 Å². The van der Waals surface area contributed by atoms with E-state index in [0.29, 0.717) is 0 Å². The molecule has 0 saturated heterocycles. The summed E-state index contributed by atoms with van der Waals surface area (Å²) >= 11 is 5.39. The van der Waals surface area contributed by atoms with Crippen molar-refractivity contribution in [2.45, 2.75) is 24.7 Å². The minimum absolute atomic E-state index is 0.0803. The fraction of sp³-hybridized carbons (Fsp3) is 0.250. The molecule has 0 unspecified atom stereocenters. The molecule has 0 aliphatic carbocycles. The van der Waals surface area contributed by atoms with Gasteiger partial charge in [0.05, 0.1) is 32.9 Å². The SMILES string of the molecule is O=P(Cl)(c1c(C(F)(F)F)cccc1C(F)(F)F)c1c(C(F)(F)F)cccc1C(F)(F)F. The summed E-state index contributed by atoms with van der Waals surface area (Å²) in [5.41, 5.74) is -9.53. The molecule has 2 rings (SSSR count). The normalized spacial score (nSPS) is 14.1. The first kappa shape index (κ1) is 25.4. The Hall–Kier alpha value is -1.88. The topological polar surface area (TPSA) is 17.1 Å². The Morgan fingerprint density at radius 3 is 0.871 bits per heavy atom. The fourth-order valence-corrected chi connectivity index (χ4v) is 6.09. The van der Waals surface area contributed by atoms with Gasteiger partial charge in [0.25, 0.3) is 0 Å². The largest absolute Gasteiger partial charge is 0.417 e. The highest BCUT2D eigenvalue weighted by atomic mass is 35.7. The lowest BCUT2D eigenvalue weighted by Gasteiger charge is -2.26. The molecule has 0 saturated carbocycles. The van der Waals surface area contributed by atoms with Gasteiger partial charge in [-0.3, -0.25) is 4.57 Å². The highest BCUT2D eigenvalue weighted by Gasteiger charge is 2.52. The maximum absolute atomic E-state index is 13.3. The van der Waals surface area contributed by atoms with Crippen LogP contribution in [0.2, 0.25) is 0 Å². The molecule has 31 heavy (non-hydrogen) atoms. The maximum Gasteiger partial charge on any atom is 0.417 e. The van der Waals surface area contributed by atoms with Gasteiger partial charge >= 0.3 is 24.7 Å². The molecule has 0 atom stereocenters. The summed E-state index contributed by atoms with van der Waals surface area (Å²) < 4.78 is 173. The zero-order valence-corrected chi connectivity index (χ0v) is 15.9. The Morgan fingerprint density at radius 1 is 0.516 bits per heavy atom. The van der Waals surface area contributed by atoms with E-state index in [0.717, 1.165) is 0 Å². The summed E-state index contributed by atoms with van der Waals surface area (Å²) in [5.74, 6) is 0. The Balaban J connectivity index is 3.14. The van der Waals surface area contributed by atoms with Crippen LogP contribution in [0.15, 0.2) is 36.4 Å². The predicted molar refractivity (Wildman–Crippen MR) is 85.6 cm³/mol. The van der Waals surface area contributed by atoms with Crippen molar-refractivity contribution in [1.29, 1.82) is 0 Å². The Kier molecular flexibility index (Phi) is 6.23. The van der Waals surface area contributed by atoms with Crippen LogP contribution in [0.25, 0.3) is 0 Å². The average Bonchev–Trinajstić information content (AvgIpc) is 2.57. The fourth-order valence-electron chi connectivity index (χ4n) is 2.73. The number of hydrogen-bond donors (Lipinski definition) is 0. The molecule has 0 aliphatic heterocycles. The van der Waals surface area contributed by atoms with Crippen LogP contribution in [0, 0.1) is 0 Å². The number of benzene rings is 2. The second-order valence-electron chi connectivity index (χ2n) is 5.93. The molecule has 0 heterocycles. The second kappa shape index (κ2) is 7.61. The van der Waals surface area contributed by atoms with Gasteiger partial charge in [-0.1, -0.05) is 12.1 Å².